The van der Waals surface area contributed by atoms with Crippen molar-refractivity contribution < 1.29 is 27.0 Å². The first-order chi connectivity index (χ1) is 37.7. The van der Waals surface area contributed by atoms with Crippen molar-refractivity contribution in [3.63, 3.8) is 0 Å². The van der Waals surface area contributed by atoms with Gasteiger partial charge in [-0.3, -0.25) is 18.4 Å². The van der Waals surface area contributed by atoms with Gasteiger partial charge in [-0.1, -0.05) is 24.3 Å². The van der Waals surface area contributed by atoms with Crippen molar-refractivity contribution in [3.8, 4) is 56.5 Å². The zero-order chi connectivity index (χ0) is 54.5. The Balaban J connectivity index is 0.000000165. The quantitative estimate of drug-likeness (QED) is 0.123. The van der Waals surface area contributed by atoms with Gasteiger partial charge in [-0.2, -0.15) is 10.2 Å². The van der Waals surface area contributed by atoms with Crippen molar-refractivity contribution in [3.05, 3.63) is 190 Å². The number of benzene rings is 2. The number of rotatable bonds is 10. The third-order valence-corrected chi connectivity index (χ3v) is 12.9. The summed E-state index contributed by atoms with van der Waals surface area (Å²) < 4.78 is 72.3. The molecule has 0 radical (unpaired) electrons. The highest BCUT2D eigenvalue weighted by Crippen LogP contribution is 2.37. The minimum atomic E-state index is -0.692. The SMILES string of the molecule is COc1ccc(-c2nn([C@@H](C)c3nc4ccc(F)cn4c(=O)c3-c3cccc(F)c3)c3ncnc(N)c23)cn1.COc1ccc(-c2nn([C@H](C)c3nc4ccc(F)cn4c(=O)c3-c3cccc(F)c3)c3ncnc(N)c23)cn1. The molecule has 24 heteroatoms. The molecule has 4 N–H and O–H groups in total. The highest BCUT2D eigenvalue weighted by atomic mass is 19.1. The van der Waals surface area contributed by atoms with Crippen LogP contribution in [-0.2, 0) is 0 Å². The largest absolute Gasteiger partial charge is 0.481 e. The summed E-state index contributed by atoms with van der Waals surface area (Å²) in [5, 5.41) is 10.6. The number of fused-ring (bicyclic) bond motifs is 4. The lowest BCUT2D eigenvalue weighted by atomic mass is 10.0. The Hall–Kier alpha value is -10.5. The van der Waals surface area contributed by atoms with Crippen LogP contribution in [0, 0.1) is 23.3 Å². The Labute approximate surface area is 437 Å². The smallest absolute Gasteiger partial charge is 0.266 e. The number of pyridine rings is 4. The van der Waals surface area contributed by atoms with Crippen LogP contribution in [0.3, 0.4) is 0 Å². The van der Waals surface area contributed by atoms with E-state index >= 15 is 0 Å². The molecular weight excluding hydrogens is 1010 g/mol. The van der Waals surface area contributed by atoms with E-state index in [2.05, 4.69) is 29.9 Å². The first-order valence-corrected chi connectivity index (χ1v) is 23.6. The fourth-order valence-electron chi connectivity index (χ4n) is 9.14. The van der Waals surface area contributed by atoms with Crippen LogP contribution in [0.4, 0.5) is 29.2 Å². The highest BCUT2D eigenvalue weighted by Gasteiger charge is 2.29. The zero-order valence-electron chi connectivity index (χ0n) is 41.4. The summed E-state index contributed by atoms with van der Waals surface area (Å²) in [6.07, 6.45) is 7.92. The fraction of sp³-hybridized carbons (Fsp3) is 0.111. The summed E-state index contributed by atoms with van der Waals surface area (Å²) >= 11 is 0. The maximum absolute atomic E-state index is 14.3. The first-order valence-electron chi connectivity index (χ1n) is 23.6. The Bertz CT molecular complexity index is 4150. The van der Waals surface area contributed by atoms with Crippen molar-refractivity contribution in [2.75, 3.05) is 25.7 Å². The van der Waals surface area contributed by atoms with Crippen LogP contribution in [0.25, 0.3) is 78.1 Å². The molecule has 388 valence electrons. The Morgan fingerprint density at radius 1 is 0.500 bits per heavy atom. The molecule has 0 amide bonds. The number of hydrogen-bond donors (Lipinski definition) is 2. The Morgan fingerprint density at radius 2 is 0.923 bits per heavy atom. The summed E-state index contributed by atoms with van der Waals surface area (Å²) in [6, 6.07) is 22.0. The molecule has 12 rings (SSSR count). The molecule has 10 heterocycles. The Kier molecular flexibility index (Phi) is 12.7. The second-order valence-electron chi connectivity index (χ2n) is 17.6. The third-order valence-electron chi connectivity index (χ3n) is 12.9. The average molecular weight is 1050 g/mol. The second-order valence-corrected chi connectivity index (χ2v) is 17.6. The molecule has 0 aliphatic rings. The van der Waals surface area contributed by atoms with Gasteiger partial charge in [-0.25, -0.2) is 66.8 Å². The topological polar surface area (TPSA) is 252 Å². The molecule has 78 heavy (non-hydrogen) atoms. The zero-order valence-corrected chi connectivity index (χ0v) is 41.4. The Morgan fingerprint density at radius 3 is 1.29 bits per heavy atom. The molecule has 0 bridgehead atoms. The summed E-state index contributed by atoms with van der Waals surface area (Å²) in [5.74, 6) is -1.02. The number of nitrogens with zero attached hydrogens (tertiary/aromatic N) is 14. The van der Waals surface area contributed by atoms with Gasteiger partial charge < -0.3 is 20.9 Å². The van der Waals surface area contributed by atoms with Gasteiger partial charge in [0, 0.05) is 48.0 Å². The standard InChI is InChI=1S/2C27H20F2N8O2/c2*1-14(37-26-22(25(30)32-13-33-26)24(35-37)16-6-9-20(39-2)31-11-16)23-21(15-4-3-5-17(28)10-15)27(38)36-12-18(29)7-8-19(36)34-23/h2*3-14H,1-2H3,(H2,30,32,33)/t2*14-/m10/s1. The third kappa shape index (κ3) is 8.84. The van der Waals surface area contributed by atoms with Crippen LogP contribution in [-0.4, -0.2) is 82.5 Å². The van der Waals surface area contributed by atoms with E-state index in [0.29, 0.717) is 56.3 Å². The summed E-state index contributed by atoms with van der Waals surface area (Å²) in [5.41, 5.74) is 16.2. The molecule has 0 aliphatic carbocycles. The van der Waals surface area contributed by atoms with E-state index in [1.54, 1.807) is 72.0 Å². The monoisotopic (exact) mass is 1050 g/mol. The average Bonchev–Trinajstić information content (AvgIpc) is 4.13. The van der Waals surface area contributed by atoms with Gasteiger partial charge in [-0.05, 0) is 85.6 Å². The summed E-state index contributed by atoms with van der Waals surface area (Å²) in [7, 11) is 3.03. The molecule has 0 aliphatic heterocycles. The van der Waals surface area contributed by atoms with Crippen LogP contribution in [0.15, 0.2) is 144 Å². The summed E-state index contributed by atoms with van der Waals surface area (Å²) in [6.45, 7) is 3.57. The molecule has 2 atom stereocenters. The van der Waals surface area contributed by atoms with E-state index in [0.717, 1.165) is 21.2 Å². The molecule has 0 saturated carbocycles. The molecule has 2 aromatic carbocycles. The van der Waals surface area contributed by atoms with Gasteiger partial charge in [0.15, 0.2) is 11.3 Å². The van der Waals surface area contributed by atoms with Crippen LogP contribution in [0.2, 0.25) is 0 Å². The minimum Gasteiger partial charge on any atom is -0.481 e. The van der Waals surface area contributed by atoms with Crippen LogP contribution >= 0.6 is 0 Å². The number of nitrogens with two attached hydrogens (primary N) is 2. The van der Waals surface area contributed by atoms with Gasteiger partial charge in [0.25, 0.3) is 11.1 Å². The number of hydrogen-bond acceptors (Lipinski definition) is 16. The summed E-state index contributed by atoms with van der Waals surface area (Å²) in [4.78, 5) is 62.4. The molecule has 12 aromatic rings. The normalized spacial score (nSPS) is 12.2. The molecule has 0 unspecified atom stereocenters. The number of nitrogen functional groups attached to an aromatic ring is 2. The van der Waals surface area contributed by atoms with Crippen molar-refractivity contribution in [1.82, 2.24) is 68.2 Å². The molecule has 0 saturated heterocycles. The molecule has 0 fully saturated rings. The van der Waals surface area contributed by atoms with Gasteiger partial charge in [0.2, 0.25) is 11.8 Å². The van der Waals surface area contributed by atoms with E-state index in [1.807, 2.05) is 0 Å². The van der Waals surface area contributed by atoms with Crippen molar-refractivity contribution in [1.29, 1.82) is 0 Å². The maximum Gasteiger partial charge on any atom is 0.266 e. The lowest BCUT2D eigenvalue weighted by Crippen LogP contribution is -2.23. The van der Waals surface area contributed by atoms with Crippen molar-refractivity contribution >= 4 is 45.0 Å². The highest BCUT2D eigenvalue weighted by molar-refractivity contribution is 5.99. The molecule has 0 spiro atoms. The molecular formula is C54H40F4N16O4. The number of anilines is 2. The van der Waals surface area contributed by atoms with Gasteiger partial charge in [0.05, 0.1) is 59.6 Å². The van der Waals surface area contributed by atoms with E-state index in [9.17, 15) is 27.2 Å². The second kappa shape index (κ2) is 20.0. The first kappa shape index (κ1) is 49.7. The van der Waals surface area contributed by atoms with E-state index in [4.69, 9.17) is 41.1 Å². The number of ether oxygens (including phenoxy) is 2. The van der Waals surface area contributed by atoms with Gasteiger partial charge in [-0.15, -0.1) is 0 Å². The minimum absolute atomic E-state index is 0.100. The van der Waals surface area contributed by atoms with Crippen LogP contribution < -0.4 is 32.1 Å². The van der Waals surface area contributed by atoms with E-state index in [-0.39, 0.29) is 56.6 Å². The molecule has 20 nitrogen and oxygen atoms in total. The molecule has 10 aromatic heterocycles. The van der Waals surface area contributed by atoms with Crippen molar-refractivity contribution in [2.45, 2.75) is 25.9 Å². The predicted octanol–water partition coefficient (Wildman–Crippen LogP) is 8.08. The number of methoxy groups -OCH3 is 2. The van der Waals surface area contributed by atoms with Gasteiger partial charge >= 0.3 is 0 Å². The lowest BCUT2D eigenvalue weighted by Gasteiger charge is -2.18. The van der Waals surface area contributed by atoms with Crippen LogP contribution in [0.1, 0.15) is 37.3 Å². The maximum atomic E-state index is 14.3. The van der Waals surface area contributed by atoms with E-state index in [1.165, 1.54) is 87.5 Å². The van der Waals surface area contributed by atoms with Crippen LogP contribution in [0.5, 0.6) is 11.8 Å². The van der Waals surface area contributed by atoms with E-state index < -0.39 is 46.5 Å². The van der Waals surface area contributed by atoms with Gasteiger partial charge in [0.1, 0.15) is 70.2 Å². The van der Waals surface area contributed by atoms with Crippen molar-refractivity contribution in [2.24, 2.45) is 0 Å². The lowest BCUT2D eigenvalue weighted by molar-refractivity contribution is 0.398. The number of halogens is 4. The fourth-order valence-corrected chi connectivity index (χ4v) is 9.14. The number of aromatic nitrogens is 14. The predicted molar refractivity (Wildman–Crippen MR) is 280 cm³/mol.